The summed E-state index contributed by atoms with van der Waals surface area (Å²) in [6.45, 7) is 1.80. The maximum atomic E-state index is 10.5. The van der Waals surface area contributed by atoms with Gasteiger partial charge in [0.05, 0.1) is 12.7 Å². The third kappa shape index (κ3) is 3.49. The van der Waals surface area contributed by atoms with E-state index in [1.165, 1.54) is 10.9 Å². The molecule has 9 nitrogen and oxygen atoms in total. The Labute approximate surface area is 113 Å². The molecule has 0 aliphatic rings. The molecule has 0 aliphatic heterocycles. The number of nitrogens with one attached hydrogen (secondary N) is 1. The summed E-state index contributed by atoms with van der Waals surface area (Å²) in [5.74, 6) is -0.676. The fourth-order valence-corrected chi connectivity index (χ4v) is 1.51. The Bertz CT molecular complexity index is 674. The lowest BCUT2D eigenvalue weighted by Gasteiger charge is -2.03. The minimum Gasteiger partial charge on any atom is -0.480 e. The average Bonchev–Trinajstić information content (AvgIpc) is 2.82. The van der Waals surface area contributed by atoms with Gasteiger partial charge in [-0.05, 0) is 13.0 Å². The number of hydrogen-bond donors (Lipinski definition) is 2. The number of carboxylic acids is 1. The van der Waals surface area contributed by atoms with Gasteiger partial charge in [-0.25, -0.2) is 14.6 Å². The Kier molecular flexibility index (Phi) is 3.85. The number of hydrogen-bond acceptors (Lipinski definition) is 7. The van der Waals surface area contributed by atoms with E-state index in [4.69, 9.17) is 10.4 Å². The van der Waals surface area contributed by atoms with Crippen molar-refractivity contribution in [3.63, 3.8) is 0 Å². The molecule has 102 valence electrons. The number of aryl methyl sites for hydroxylation is 1. The molecule has 2 rings (SSSR count). The monoisotopic (exact) mass is 273 g/mol. The Hall–Kier alpha value is -3.02. The number of aliphatic carboxylic acids is 1. The Balaban J connectivity index is 2.02. The zero-order chi connectivity index (χ0) is 14.5. The lowest BCUT2D eigenvalue weighted by Crippen LogP contribution is -2.09. The van der Waals surface area contributed by atoms with Gasteiger partial charge in [-0.1, -0.05) is 5.21 Å². The molecule has 2 heterocycles. The van der Waals surface area contributed by atoms with E-state index >= 15 is 0 Å². The van der Waals surface area contributed by atoms with Crippen LogP contribution in [0.1, 0.15) is 17.1 Å². The molecule has 0 radical (unpaired) electrons. The minimum atomic E-state index is -0.991. The van der Waals surface area contributed by atoms with Crippen LogP contribution < -0.4 is 5.32 Å². The molecule has 2 N–H and O–H groups in total. The molecule has 0 atom stereocenters. The van der Waals surface area contributed by atoms with Gasteiger partial charge < -0.3 is 10.4 Å². The van der Waals surface area contributed by atoms with Gasteiger partial charge in [-0.3, -0.25) is 4.79 Å². The molecule has 0 amide bonds. The molecule has 0 saturated carbocycles. The maximum absolute atomic E-state index is 10.5. The number of aromatic nitrogens is 5. The fraction of sp³-hybridized carbons (Fsp3) is 0.273. The molecular formula is C11H11N7O2. The van der Waals surface area contributed by atoms with Crippen molar-refractivity contribution in [2.24, 2.45) is 0 Å². The van der Waals surface area contributed by atoms with Gasteiger partial charge in [-0.15, -0.1) is 5.10 Å². The predicted octanol–water partition coefficient (Wildman–Crippen LogP) is -0.0551. The van der Waals surface area contributed by atoms with Crippen LogP contribution in [0.4, 0.5) is 5.95 Å². The number of anilines is 1. The van der Waals surface area contributed by atoms with Crippen LogP contribution in [0.5, 0.6) is 0 Å². The Morgan fingerprint density at radius 1 is 1.55 bits per heavy atom. The molecule has 0 bridgehead atoms. The quantitative estimate of drug-likeness (QED) is 0.775. The number of carbonyl (C=O) groups is 1. The summed E-state index contributed by atoms with van der Waals surface area (Å²) >= 11 is 0. The molecule has 0 spiro atoms. The number of nitrogens with zero attached hydrogens (tertiary/aromatic N) is 6. The standard InChI is InChI=1S/C11H11N7O2/c1-7-2-8(3-12)15-11(14-7)13-4-9-5-18(17-16-9)6-10(19)20/h2,5H,4,6H2,1H3,(H,19,20)(H,13,14,15). The van der Waals surface area contributed by atoms with Crippen LogP contribution in [-0.4, -0.2) is 36.0 Å². The summed E-state index contributed by atoms with van der Waals surface area (Å²) in [5.41, 5.74) is 1.50. The van der Waals surface area contributed by atoms with Crippen LogP contribution in [0.3, 0.4) is 0 Å². The highest BCUT2D eigenvalue weighted by Crippen LogP contribution is 2.05. The smallest absolute Gasteiger partial charge is 0.325 e. The van der Waals surface area contributed by atoms with Crippen molar-refractivity contribution in [3.05, 3.63) is 29.3 Å². The van der Waals surface area contributed by atoms with Crippen LogP contribution in [0, 0.1) is 18.3 Å². The molecule has 0 aliphatic carbocycles. The predicted molar refractivity (Wildman–Crippen MR) is 66.5 cm³/mol. The van der Waals surface area contributed by atoms with Crippen molar-refractivity contribution >= 4 is 11.9 Å². The molecule has 9 heteroatoms. The third-order valence-corrected chi connectivity index (χ3v) is 2.28. The van der Waals surface area contributed by atoms with E-state index in [1.807, 2.05) is 6.07 Å². The highest BCUT2D eigenvalue weighted by atomic mass is 16.4. The average molecular weight is 273 g/mol. The van der Waals surface area contributed by atoms with E-state index in [1.54, 1.807) is 13.0 Å². The largest absolute Gasteiger partial charge is 0.480 e. The molecule has 0 unspecified atom stereocenters. The summed E-state index contributed by atoms with van der Waals surface area (Å²) in [7, 11) is 0. The first-order chi connectivity index (χ1) is 9.56. The first kappa shape index (κ1) is 13.4. The lowest BCUT2D eigenvalue weighted by atomic mass is 10.3. The molecule has 0 aromatic carbocycles. The second-order valence-corrected chi connectivity index (χ2v) is 3.98. The van der Waals surface area contributed by atoms with Crippen molar-refractivity contribution in [3.8, 4) is 6.07 Å². The molecule has 0 fully saturated rings. The lowest BCUT2D eigenvalue weighted by molar-refractivity contribution is -0.137. The maximum Gasteiger partial charge on any atom is 0.325 e. The van der Waals surface area contributed by atoms with Crippen LogP contribution in [0.25, 0.3) is 0 Å². The van der Waals surface area contributed by atoms with Crippen molar-refractivity contribution in [2.75, 3.05) is 5.32 Å². The molecule has 2 aromatic heterocycles. The van der Waals surface area contributed by atoms with Gasteiger partial charge >= 0.3 is 5.97 Å². The summed E-state index contributed by atoms with van der Waals surface area (Å²) in [6.07, 6.45) is 1.52. The van der Waals surface area contributed by atoms with Gasteiger partial charge in [0.15, 0.2) is 0 Å². The Morgan fingerprint density at radius 3 is 3.05 bits per heavy atom. The van der Waals surface area contributed by atoms with E-state index in [9.17, 15) is 4.79 Å². The normalized spacial score (nSPS) is 10.0. The summed E-state index contributed by atoms with van der Waals surface area (Å²) in [5, 5.41) is 27.8. The van der Waals surface area contributed by atoms with Crippen molar-refractivity contribution in [1.82, 2.24) is 25.0 Å². The SMILES string of the molecule is Cc1cc(C#N)nc(NCc2cn(CC(=O)O)nn2)n1. The highest BCUT2D eigenvalue weighted by Gasteiger charge is 2.06. The third-order valence-electron chi connectivity index (χ3n) is 2.28. The molecule has 0 saturated heterocycles. The second kappa shape index (κ2) is 5.75. The zero-order valence-electron chi connectivity index (χ0n) is 10.6. The van der Waals surface area contributed by atoms with Crippen molar-refractivity contribution in [2.45, 2.75) is 20.0 Å². The molecule has 2 aromatic rings. The first-order valence-electron chi connectivity index (χ1n) is 5.67. The summed E-state index contributed by atoms with van der Waals surface area (Å²) in [4.78, 5) is 18.6. The van der Waals surface area contributed by atoms with E-state index in [-0.39, 0.29) is 18.8 Å². The van der Waals surface area contributed by atoms with Gasteiger partial charge in [-0.2, -0.15) is 5.26 Å². The van der Waals surface area contributed by atoms with E-state index in [2.05, 4.69) is 25.6 Å². The van der Waals surface area contributed by atoms with E-state index in [0.717, 1.165) is 0 Å². The van der Waals surface area contributed by atoms with Crippen LogP contribution in [0.15, 0.2) is 12.3 Å². The molecular weight excluding hydrogens is 262 g/mol. The van der Waals surface area contributed by atoms with Gasteiger partial charge in [0.2, 0.25) is 5.95 Å². The Morgan fingerprint density at radius 2 is 2.35 bits per heavy atom. The number of carboxylic acid groups (broad SMARTS) is 1. The van der Waals surface area contributed by atoms with E-state index in [0.29, 0.717) is 17.3 Å². The van der Waals surface area contributed by atoms with Crippen molar-refractivity contribution < 1.29 is 9.90 Å². The van der Waals surface area contributed by atoms with Gasteiger partial charge in [0.1, 0.15) is 24.0 Å². The fourth-order valence-electron chi connectivity index (χ4n) is 1.51. The zero-order valence-corrected chi connectivity index (χ0v) is 10.6. The van der Waals surface area contributed by atoms with E-state index < -0.39 is 5.97 Å². The highest BCUT2D eigenvalue weighted by molar-refractivity contribution is 5.66. The van der Waals surface area contributed by atoms with Crippen LogP contribution in [0.2, 0.25) is 0 Å². The van der Waals surface area contributed by atoms with Gasteiger partial charge in [0, 0.05) is 5.69 Å². The van der Waals surface area contributed by atoms with Crippen LogP contribution in [-0.2, 0) is 17.9 Å². The summed E-state index contributed by atoms with van der Waals surface area (Å²) < 4.78 is 1.22. The minimum absolute atomic E-state index is 0.244. The first-order valence-corrected chi connectivity index (χ1v) is 5.67. The van der Waals surface area contributed by atoms with Crippen molar-refractivity contribution in [1.29, 1.82) is 5.26 Å². The van der Waals surface area contributed by atoms with Gasteiger partial charge in [0.25, 0.3) is 0 Å². The summed E-state index contributed by atoms with van der Waals surface area (Å²) in [6, 6.07) is 3.52. The second-order valence-electron chi connectivity index (χ2n) is 3.98. The number of rotatable bonds is 5. The topological polar surface area (TPSA) is 130 Å². The molecule has 20 heavy (non-hydrogen) atoms. The number of nitriles is 1. The van der Waals surface area contributed by atoms with Crippen LogP contribution >= 0.6 is 0 Å².